The summed E-state index contributed by atoms with van der Waals surface area (Å²) in [5, 5.41) is 4.07. The standard InChI is InChI=1S/C25H40N2/c26-24(14-5-1-6-15-24)19-22-12-9-13-23(18-22)27-25(16-7-2-8-17-25)20-21-10-3-4-11-21/h9,12-13,18,21,27H,1-8,10-11,14-17,19-20,26H2. The van der Waals surface area contributed by atoms with Gasteiger partial charge >= 0.3 is 0 Å². The molecule has 1 aromatic carbocycles. The van der Waals surface area contributed by atoms with Gasteiger partial charge in [-0.3, -0.25) is 0 Å². The Hall–Kier alpha value is -1.02. The van der Waals surface area contributed by atoms with Crippen molar-refractivity contribution in [3.05, 3.63) is 29.8 Å². The molecule has 0 heterocycles. The number of hydrogen-bond acceptors (Lipinski definition) is 2. The van der Waals surface area contributed by atoms with Crippen LogP contribution in [-0.4, -0.2) is 11.1 Å². The number of rotatable bonds is 6. The van der Waals surface area contributed by atoms with Crippen molar-refractivity contribution in [2.24, 2.45) is 11.7 Å². The van der Waals surface area contributed by atoms with Crippen molar-refractivity contribution < 1.29 is 0 Å². The number of nitrogens with two attached hydrogens (primary N) is 1. The highest BCUT2D eigenvalue weighted by atomic mass is 15.0. The first-order valence-corrected chi connectivity index (χ1v) is 11.8. The van der Waals surface area contributed by atoms with Gasteiger partial charge in [0.05, 0.1) is 0 Å². The van der Waals surface area contributed by atoms with E-state index in [1.54, 1.807) is 0 Å². The molecule has 2 heteroatoms. The molecule has 3 aliphatic rings. The molecule has 0 spiro atoms. The van der Waals surface area contributed by atoms with Crippen molar-refractivity contribution in [1.29, 1.82) is 0 Å². The van der Waals surface area contributed by atoms with Crippen molar-refractivity contribution in [3.63, 3.8) is 0 Å². The number of benzene rings is 1. The molecule has 0 aliphatic heterocycles. The summed E-state index contributed by atoms with van der Waals surface area (Å²) >= 11 is 0. The lowest BCUT2D eigenvalue weighted by Gasteiger charge is -2.41. The Kier molecular flexibility index (Phi) is 6.12. The minimum Gasteiger partial charge on any atom is -0.380 e. The topological polar surface area (TPSA) is 38.0 Å². The van der Waals surface area contributed by atoms with E-state index in [-0.39, 0.29) is 5.54 Å². The van der Waals surface area contributed by atoms with E-state index < -0.39 is 0 Å². The van der Waals surface area contributed by atoms with Crippen molar-refractivity contribution >= 4 is 5.69 Å². The van der Waals surface area contributed by atoms with Gasteiger partial charge in [-0.1, -0.05) is 76.3 Å². The lowest BCUT2D eigenvalue weighted by atomic mass is 9.75. The molecular weight excluding hydrogens is 328 g/mol. The minimum atomic E-state index is 0.0310. The second-order valence-electron chi connectivity index (χ2n) is 10.1. The maximum atomic E-state index is 6.74. The van der Waals surface area contributed by atoms with Crippen molar-refractivity contribution in [2.75, 3.05) is 5.32 Å². The van der Waals surface area contributed by atoms with E-state index in [1.807, 2.05) is 0 Å². The lowest BCUT2D eigenvalue weighted by molar-refractivity contribution is 0.261. The molecule has 0 aromatic heterocycles. The van der Waals surface area contributed by atoms with Gasteiger partial charge in [0.2, 0.25) is 0 Å². The zero-order valence-electron chi connectivity index (χ0n) is 17.3. The lowest BCUT2D eigenvalue weighted by Crippen LogP contribution is -2.44. The van der Waals surface area contributed by atoms with Gasteiger partial charge in [-0.25, -0.2) is 0 Å². The Morgan fingerprint density at radius 1 is 0.852 bits per heavy atom. The fourth-order valence-corrected chi connectivity index (χ4v) is 6.28. The monoisotopic (exact) mass is 368 g/mol. The summed E-state index contributed by atoms with van der Waals surface area (Å²) in [6.07, 6.45) is 21.5. The predicted molar refractivity (Wildman–Crippen MR) is 116 cm³/mol. The van der Waals surface area contributed by atoms with E-state index in [1.165, 1.54) is 108 Å². The van der Waals surface area contributed by atoms with Gasteiger partial charge in [-0.2, -0.15) is 0 Å². The normalized spacial score (nSPS) is 25.4. The average molecular weight is 369 g/mol. The van der Waals surface area contributed by atoms with E-state index in [9.17, 15) is 0 Å². The van der Waals surface area contributed by atoms with E-state index in [2.05, 4.69) is 29.6 Å². The smallest absolute Gasteiger partial charge is 0.0376 e. The fraction of sp³-hybridized carbons (Fsp3) is 0.760. The van der Waals surface area contributed by atoms with E-state index in [4.69, 9.17) is 5.73 Å². The first-order chi connectivity index (χ1) is 13.1. The van der Waals surface area contributed by atoms with Gasteiger partial charge in [0.15, 0.2) is 0 Å². The van der Waals surface area contributed by atoms with Crippen LogP contribution in [0.3, 0.4) is 0 Å². The van der Waals surface area contributed by atoms with Crippen molar-refractivity contribution in [3.8, 4) is 0 Å². The van der Waals surface area contributed by atoms with Crippen LogP contribution in [-0.2, 0) is 6.42 Å². The zero-order chi connectivity index (χ0) is 18.6. The molecule has 3 fully saturated rings. The summed E-state index contributed by atoms with van der Waals surface area (Å²) in [6.45, 7) is 0. The SMILES string of the molecule is NC1(Cc2cccc(NC3(CC4CCCC4)CCCCC3)c2)CCCCC1. The Bertz CT molecular complexity index is 590. The second-order valence-corrected chi connectivity index (χ2v) is 10.1. The van der Waals surface area contributed by atoms with Gasteiger partial charge in [0.1, 0.15) is 0 Å². The zero-order valence-corrected chi connectivity index (χ0v) is 17.3. The molecule has 0 amide bonds. The number of hydrogen-bond donors (Lipinski definition) is 2. The maximum absolute atomic E-state index is 6.74. The molecule has 27 heavy (non-hydrogen) atoms. The highest BCUT2D eigenvalue weighted by Gasteiger charge is 2.35. The molecule has 0 bridgehead atoms. The van der Waals surface area contributed by atoms with Crippen molar-refractivity contribution in [1.82, 2.24) is 0 Å². The van der Waals surface area contributed by atoms with Gasteiger partial charge in [-0.15, -0.1) is 0 Å². The van der Waals surface area contributed by atoms with Crippen LogP contribution < -0.4 is 11.1 Å². The Balaban J connectivity index is 1.46. The van der Waals surface area contributed by atoms with Crippen LogP contribution in [0.4, 0.5) is 5.69 Å². The van der Waals surface area contributed by atoms with Gasteiger partial charge in [0.25, 0.3) is 0 Å². The molecular formula is C25H40N2. The average Bonchev–Trinajstić information content (AvgIpc) is 3.15. The quantitative estimate of drug-likeness (QED) is 0.594. The van der Waals surface area contributed by atoms with Crippen LogP contribution in [0, 0.1) is 5.92 Å². The van der Waals surface area contributed by atoms with Gasteiger partial charge < -0.3 is 11.1 Å². The van der Waals surface area contributed by atoms with Crippen LogP contribution >= 0.6 is 0 Å². The highest BCUT2D eigenvalue weighted by molar-refractivity contribution is 5.48. The Labute approximate surface area is 166 Å². The second kappa shape index (κ2) is 8.55. The highest BCUT2D eigenvalue weighted by Crippen LogP contribution is 2.41. The molecule has 150 valence electrons. The number of nitrogens with one attached hydrogen (secondary N) is 1. The first kappa shape index (κ1) is 19.3. The summed E-state index contributed by atoms with van der Waals surface area (Å²) in [6, 6.07) is 9.24. The summed E-state index contributed by atoms with van der Waals surface area (Å²) in [5.41, 5.74) is 9.88. The molecule has 3 saturated carbocycles. The number of anilines is 1. The molecule has 0 atom stereocenters. The van der Waals surface area contributed by atoms with E-state index in [0.717, 1.165) is 12.3 Å². The van der Waals surface area contributed by atoms with Crippen LogP contribution in [0.2, 0.25) is 0 Å². The van der Waals surface area contributed by atoms with Crippen LogP contribution in [0.15, 0.2) is 24.3 Å². The Morgan fingerprint density at radius 3 is 2.22 bits per heavy atom. The van der Waals surface area contributed by atoms with Crippen LogP contribution in [0.5, 0.6) is 0 Å². The predicted octanol–water partition coefficient (Wildman–Crippen LogP) is 6.59. The molecule has 2 nitrogen and oxygen atoms in total. The minimum absolute atomic E-state index is 0.0310. The molecule has 3 aliphatic carbocycles. The van der Waals surface area contributed by atoms with Gasteiger partial charge in [0, 0.05) is 16.8 Å². The molecule has 1 aromatic rings. The molecule has 0 saturated heterocycles. The third-order valence-electron chi connectivity index (χ3n) is 7.71. The maximum Gasteiger partial charge on any atom is 0.0376 e. The van der Waals surface area contributed by atoms with Crippen LogP contribution in [0.1, 0.15) is 102 Å². The van der Waals surface area contributed by atoms with E-state index >= 15 is 0 Å². The van der Waals surface area contributed by atoms with E-state index in [0.29, 0.717) is 5.54 Å². The summed E-state index contributed by atoms with van der Waals surface area (Å²) < 4.78 is 0. The molecule has 4 rings (SSSR count). The third kappa shape index (κ3) is 5.08. The van der Waals surface area contributed by atoms with Gasteiger partial charge in [-0.05, 0) is 62.1 Å². The third-order valence-corrected chi connectivity index (χ3v) is 7.71. The largest absolute Gasteiger partial charge is 0.380 e. The molecule has 0 radical (unpaired) electrons. The Morgan fingerprint density at radius 2 is 1.52 bits per heavy atom. The molecule has 3 N–H and O–H groups in total. The fourth-order valence-electron chi connectivity index (χ4n) is 6.28. The van der Waals surface area contributed by atoms with Crippen molar-refractivity contribution in [2.45, 2.75) is 114 Å². The summed E-state index contributed by atoms with van der Waals surface area (Å²) in [5.74, 6) is 0.952. The summed E-state index contributed by atoms with van der Waals surface area (Å²) in [4.78, 5) is 0. The molecule has 0 unspecified atom stereocenters. The summed E-state index contributed by atoms with van der Waals surface area (Å²) in [7, 11) is 0. The van der Waals surface area contributed by atoms with Crippen LogP contribution in [0.25, 0.3) is 0 Å². The first-order valence-electron chi connectivity index (χ1n) is 11.8.